The van der Waals surface area contributed by atoms with Crippen molar-refractivity contribution in [2.75, 3.05) is 7.11 Å². The predicted molar refractivity (Wildman–Crippen MR) is 72.1 cm³/mol. The van der Waals surface area contributed by atoms with Crippen LogP contribution in [0.3, 0.4) is 0 Å². The van der Waals surface area contributed by atoms with Gasteiger partial charge in [-0.2, -0.15) is 5.10 Å². The summed E-state index contributed by atoms with van der Waals surface area (Å²) in [6, 6.07) is -0.0905. The smallest absolute Gasteiger partial charge is 0.0871 e. The van der Waals surface area contributed by atoms with Crippen LogP contribution in [0.2, 0.25) is 0 Å². The molecule has 102 valence electrons. The highest BCUT2D eigenvalue weighted by molar-refractivity contribution is 5.16. The molecule has 1 aromatic heterocycles. The Morgan fingerprint density at radius 3 is 2.39 bits per heavy atom. The molecule has 1 saturated carbocycles. The van der Waals surface area contributed by atoms with Gasteiger partial charge in [0, 0.05) is 25.9 Å². The van der Waals surface area contributed by atoms with E-state index in [0.29, 0.717) is 5.41 Å². The van der Waals surface area contributed by atoms with Crippen molar-refractivity contribution in [1.82, 2.24) is 9.78 Å². The third kappa shape index (κ3) is 2.45. The Hall–Kier alpha value is -0.870. The van der Waals surface area contributed by atoms with E-state index in [1.807, 2.05) is 19.4 Å². The molecule has 0 aliphatic heterocycles. The number of aromatic nitrogens is 2. The molecular weight excluding hydrogens is 226 g/mol. The second kappa shape index (κ2) is 4.67. The second-order valence-electron chi connectivity index (χ2n) is 6.36. The molecule has 0 saturated heterocycles. The third-order valence-corrected chi connectivity index (χ3v) is 4.51. The van der Waals surface area contributed by atoms with Crippen molar-refractivity contribution in [1.29, 1.82) is 0 Å². The summed E-state index contributed by atoms with van der Waals surface area (Å²) in [5.74, 6) is 0. The second-order valence-corrected chi connectivity index (χ2v) is 6.36. The number of rotatable bonds is 3. The number of nitrogens with two attached hydrogens (primary N) is 1. The molecule has 1 aliphatic rings. The van der Waals surface area contributed by atoms with Crippen molar-refractivity contribution in [2.45, 2.75) is 51.2 Å². The molecule has 1 fully saturated rings. The van der Waals surface area contributed by atoms with Crippen LogP contribution in [0.4, 0.5) is 0 Å². The van der Waals surface area contributed by atoms with Gasteiger partial charge in [-0.25, -0.2) is 0 Å². The molecule has 0 aromatic carbocycles. The van der Waals surface area contributed by atoms with E-state index >= 15 is 0 Å². The van der Waals surface area contributed by atoms with Gasteiger partial charge in [0.15, 0.2) is 0 Å². The molecule has 0 amide bonds. The predicted octanol–water partition coefficient (Wildman–Crippen LogP) is 2.41. The maximum atomic E-state index is 6.44. The van der Waals surface area contributed by atoms with E-state index in [0.717, 1.165) is 31.2 Å². The molecule has 2 rings (SSSR count). The number of nitrogens with zero attached hydrogens (tertiary/aromatic N) is 2. The van der Waals surface area contributed by atoms with Crippen LogP contribution >= 0.6 is 0 Å². The highest BCUT2D eigenvalue weighted by atomic mass is 16.5. The maximum absolute atomic E-state index is 6.44. The molecule has 4 heteroatoms. The average molecular weight is 251 g/mol. The molecule has 1 heterocycles. The molecule has 0 radical (unpaired) electrons. The van der Waals surface area contributed by atoms with Gasteiger partial charge in [-0.05, 0) is 31.1 Å². The average Bonchev–Trinajstić information content (AvgIpc) is 2.76. The summed E-state index contributed by atoms with van der Waals surface area (Å²) in [4.78, 5) is 0. The maximum Gasteiger partial charge on any atom is 0.0871 e. The van der Waals surface area contributed by atoms with Crippen LogP contribution in [0.5, 0.6) is 0 Å². The van der Waals surface area contributed by atoms with Crippen molar-refractivity contribution in [2.24, 2.45) is 18.2 Å². The van der Waals surface area contributed by atoms with E-state index in [9.17, 15) is 0 Å². The van der Waals surface area contributed by atoms with Crippen LogP contribution in [0.25, 0.3) is 0 Å². The van der Waals surface area contributed by atoms with Gasteiger partial charge in [-0.1, -0.05) is 13.8 Å². The van der Waals surface area contributed by atoms with Crippen molar-refractivity contribution in [3.8, 4) is 0 Å². The van der Waals surface area contributed by atoms with Gasteiger partial charge in [0.1, 0.15) is 0 Å². The van der Waals surface area contributed by atoms with Crippen LogP contribution in [0, 0.1) is 5.41 Å². The van der Waals surface area contributed by atoms with Crippen molar-refractivity contribution >= 4 is 0 Å². The van der Waals surface area contributed by atoms with Gasteiger partial charge in [0.2, 0.25) is 0 Å². The summed E-state index contributed by atoms with van der Waals surface area (Å²) >= 11 is 0. The first-order valence-corrected chi connectivity index (χ1v) is 6.68. The zero-order chi connectivity index (χ0) is 13.4. The third-order valence-electron chi connectivity index (χ3n) is 4.51. The number of aryl methyl sites for hydroxylation is 1. The Labute approximate surface area is 110 Å². The Balaban J connectivity index is 2.18. The number of methoxy groups -OCH3 is 1. The van der Waals surface area contributed by atoms with E-state index in [4.69, 9.17) is 10.5 Å². The van der Waals surface area contributed by atoms with Crippen LogP contribution in [0.1, 0.15) is 51.1 Å². The molecule has 4 nitrogen and oxygen atoms in total. The minimum atomic E-state index is -0.224. The molecule has 2 N–H and O–H groups in total. The largest absolute Gasteiger partial charge is 0.376 e. The Bertz CT molecular complexity index is 401. The summed E-state index contributed by atoms with van der Waals surface area (Å²) < 4.78 is 7.63. The van der Waals surface area contributed by atoms with E-state index in [-0.39, 0.29) is 11.6 Å². The standard InChI is InChI=1S/C14H25N3O/c1-13(2)5-7-14(18-4,8-6-13)12(15)11-9-16-17(3)10-11/h9-10,12H,5-8,15H2,1-4H3. The molecular formula is C14H25N3O. The Morgan fingerprint density at radius 2 is 1.94 bits per heavy atom. The van der Waals surface area contributed by atoms with Crippen LogP contribution in [-0.2, 0) is 11.8 Å². The normalized spacial score (nSPS) is 23.8. The van der Waals surface area contributed by atoms with Gasteiger partial charge < -0.3 is 10.5 Å². The lowest BCUT2D eigenvalue weighted by atomic mass is 9.68. The quantitative estimate of drug-likeness (QED) is 0.897. The summed E-state index contributed by atoms with van der Waals surface area (Å²) in [5, 5.41) is 4.21. The minimum absolute atomic E-state index is 0.0905. The van der Waals surface area contributed by atoms with Gasteiger partial charge in [0.25, 0.3) is 0 Å². The molecule has 1 aromatic rings. The lowest BCUT2D eigenvalue weighted by molar-refractivity contribution is -0.0794. The fraction of sp³-hybridized carbons (Fsp3) is 0.786. The first-order valence-electron chi connectivity index (χ1n) is 6.68. The molecule has 1 unspecified atom stereocenters. The molecule has 0 bridgehead atoms. The summed E-state index contributed by atoms with van der Waals surface area (Å²) in [6.07, 6.45) is 8.21. The van der Waals surface area contributed by atoms with Crippen molar-refractivity contribution in [3.05, 3.63) is 18.0 Å². The SMILES string of the molecule is COC1(C(N)c2cnn(C)c2)CCC(C)(C)CC1. The molecule has 1 aliphatic carbocycles. The van der Waals surface area contributed by atoms with E-state index in [2.05, 4.69) is 18.9 Å². The highest BCUT2D eigenvalue weighted by Gasteiger charge is 2.43. The van der Waals surface area contributed by atoms with Crippen molar-refractivity contribution < 1.29 is 4.74 Å². The van der Waals surface area contributed by atoms with Gasteiger partial charge in [-0.3, -0.25) is 4.68 Å². The number of hydrogen-bond donors (Lipinski definition) is 1. The van der Waals surface area contributed by atoms with E-state index in [1.54, 1.807) is 11.8 Å². The van der Waals surface area contributed by atoms with Gasteiger partial charge in [0.05, 0.1) is 17.8 Å². The van der Waals surface area contributed by atoms with E-state index < -0.39 is 0 Å². The summed E-state index contributed by atoms with van der Waals surface area (Å²) in [7, 11) is 3.70. The number of hydrogen-bond acceptors (Lipinski definition) is 3. The fourth-order valence-electron chi connectivity index (χ4n) is 2.90. The zero-order valence-corrected chi connectivity index (χ0v) is 11.9. The minimum Gasteiger partial charge on any atom is -0.376 e. The highest BCUT2D eigenvalue weighted by Crippen LogP contribution is 2.46. The van der Waals surface area contributed by atoms with Crippen LogP contribution < -0.4 is 5.73 Å². The van der Waals surface area contributed by atoms with Gasteiger partial charge in [-0.15, -0.1) is 0 Å². The molecule has 0 spiro atoms. The van der Waals surface area contributed by atoms with E-state index in [1.165, 1.54) is 0 Å². The van der Waals surface area contributed by atoms with Crippen LogP contribution in [0.15, 0.2) is 12.4 Å². The zero-order valence-electron chi connectivity index (χ0n) is 11.9. The topological polar surface area (TPSA) is 53.1 Å². The Kier molecular flexibility index (Phi) is 3.52. The molecule has 18 heavy (non-hydrogen) atoms. The lowest BCUT2D eigenvalue weighted by Gasteiger charge is -2.45. The summed E-state index contributed by atoms with van der Waals surface area (Å²) in [5.41, 5.74) is 7.70. The first kappa shape index (κ1) is 13.6. The van der Waals surface area contributed by atoms with Crippen molar-refractivity contribution in [3.63, 3.8) is 0 Å². The first-order chi connectivity index (χ1) is 8.38. The summed E-state index contributed by atoms with van der Waals surface area (Å²) in [6.45, 7) is 4.64. The number of ether oxygens (including phenoxy) is 1. The lowest BCUT2D eigenvalue weighted by Crippen LogP contribution is -2.47. The fourth-order valence-corrected chi connectivity index (χ4v) is 2.90. The Morgan fingerprint density at radius 1 is 1.33 bits per heavy atom. The molecule has 1 atom stereocenters. The monoisotopic (exact) mass is 251 g/mol. The van der Waals surface area contributed by atoms with Crippen LogP contribution in [-0.4, -0.2) is 22.5 Å². The van der Waals surface area contributed by atoms with Gasteiger partial charge >= 0.3 is 0 Å².